The Morgan fingerprint density at radius 2 is 1.94 bits per heavy atom. The summed E-state index contributed by atoms with van der Waals surface area (Å²) >= 11 is 0. The largest absolute Gasteiger partial charge is 0.480 e. The fraction of sp³-hybridized carbons (Fsp3) is 0.700. The number of nitrogens with one attached hydrogen (secondary N) is 2. The number of primary amides is 1. The van der Waals surface area contributed by atoms with Gasteiger partial charge in [0.15, 0.2) is 0 Å². The van der Waals surface area contributed by atoms with Gasteiger partial charge >= 0.3 is 5.97 Å². The van der Waals surface area contributed by atoms with Crippen LogP contribution in [0, 0.1) is 0 Å². The van der Waals surface area contributed by atoms with E-state index in [1.807, 2.05) is 0 Å². The topological polar surface area (TPSA) is 122 Å². The smallest absolute Gasteiger partial charge is 0.326 e. The lowest BCUT2D eigenvalue weighted by Gasteiger charge is -2.13. The summed E-state index contributed by atoms with van der Waals surface area (Å²) in [7, 11) is 1.77. The maximum Gasteiger partial charge on any atom is 0.326 e. The molecule has 0 radical (unpaired) electrons. The summed E-state index contributed by atoms with van der Waals surface area (Å²) in [4.78, 5) is 32.7. The van der Waals surface area contributed by atoms with E-state index in [1.54, 1.807) is 7.05 Å². The van der Waals surface area contributed by atoms with E-state index in [0.717, 1.165) is 0 Å². The minimum absolute atomic E-state index is 0.0163. The third-order valence-electron chi connectivity index (χ3n) is 2.14. The lowest BCUT2D eigenvalue weighted by atomic mass is 10.1. The number of aliphatic carboxylic acids is 1. The first-order valence-corrected chi connectivity index (χ1v) is 5.42. The van der Waals surface area contributed by atoms with Crippen molar-refractivity contribution >= 4 is 17.8 Å². The maximum absolute atomic E-state index is 11.4. The lowest BCUT2D eigenvalue weighted by molar-refractivity contribution is -0.142. The Hall–Kier alpha value is -1.63. The van der Waals surface area contributed by atoms with Crippen molar-refractivity contribution in [3.63, 3.8) is 0 Å². The van der Waals surface area contributed by atoms with E-state index in [0.29, 0.717) is 13.0 Å². The molecule has 0 spiro atoms. The van der Waals surface area contributed by atoms with Crippen LogP contribution >= 0.6 is 0 Å². The Kier molecular flexibility index (Phi) is 7.70. The van der Waals surface area contributed by atoms with Crippen LogP contribution in [0.1, 0.15) is 25.7 Å². The van der Waals surface area contributed by atoms with Crippen LogP contribution in [0.2, 0.25) is 0 Å². The number of hydrogen-bond donors (Lipinski definition) is 4. The summed E-state index contributed by atoms with van der Waals surface area (Å²) in [5, 5.41) is 14.1. The Morgan fingerprint density at radius 3 is 2.41 bits per heavy atom. The van der Waals surface area contributed by atoms with Gasteiger partial charge in [-0.05, 0) is 26.4 Å². The van der Waals surface area contributed by atoms with E-state index in [-0.39, 0.29) is 25.2 Å². The van der Waals surface area contributed by atoms with Gasteiger partial charge in [-0.1, -0.05) is 0 Å². The standard InChI is InChI=1S/C10H19N3O4/c1-12-6-2-3-9(15)13-7(10(16)17)4-5-8(11)14/h7,12H,2-6H2,1H3,(H2,11,14)(H,13,15)(H,16,17). The van der Waals surface area contributed by atoms with Crippen LogP contribution < -0.4 is 16.4 Å². The van der Waals surface area contributed by atoms with Crippen molar-refractivity contribution < 1.29 is 19.5 Å². The second-order valence-electron chi connectivity index (χ2n) is 3.67. The van der Waals surface area contributed by atoms with E-state index in [9.17, 15) is 14.4 Å². The number of hydrogen-bond acceptors (Lipinski definition) is 4. The van der Waals surface area contributed by atoms with Gasteiger partial charge in [0.2, 0.25) is 11.8 Å². The van der Waals surface area contributed by atoms with Crippen molar-refractivity contribution in [3.8, 4) is 0 Å². The van der Waals surface area contributed by atoms with Gasteiger partial charge in [-0.3, -0.25) is 9.59 Å². The molecule has 0 saturated heterocycles. The molecule has 0 heterocycles. The molecule has 1 atom stereocenters. The Bertz CT molecular complexity index is 281. The molecule has 5 N–H and O–H groups in total. The van der Waals surface area contributed by atoms with E-state index in [1.165, 1.54) is 0 Å². The molecule has 1 unspecified atom stereocenters. The van der Waals surface area contributed by atoms with Crippen molar-refractivity contribution in [2.45, 2.75) is 31.7 Å². The lowest BCUT2D eigenvalue weighted by Crippen LogP contribution is -2.41. The van der Waals surface area contributed by atoms with Gasteiger partial charge in [-0.25, -0.2) is 4.79 Å². The molecule has 98 valence electrons. The minimum Gasteiger partial charge on any atom is -0.480 e. The molecular formula is C10H19N3O4. The zero-order valence-electron chi connectivity index (χ0n) is 9.86. The van der Waals surface area contributed by atoms with Crippen LogP contribution in [0.5, 0.6) is 0 Å². The van der Waals surface area contributed by atoms with Gasteiger partial charge in [0.05, 0.1) is 0 Å². The number of amides is 2. The minimum atomic E-state index is -1.16. The van der Waals surface area contributed by atoms with E-state index in [2.05, 4.69) is 10.6 Å². The van der Waals surface area contributed by atoms with E-state index in [4.69, 9.17) is 10.8 Å². The first-order chi connectivity index (χ1) is 7.97. The molecule has 0 aromatic rings. The molecular weight excluding hydrogens is 226 g/mol. The van der Waals surface area contributed by atoms with Crippen LogP contribution in [0.4, 0.5) is 0 Å². The summed E-state index contributed by atoms with van der Waals surface area (Å²) in [6, 6.07) is -1.05. The first-order valence-electron chi connectivity index (χ1n) is 5.42. The van der Waals surface area contributed by atoms with Gasteiger partial charge in [-0.2, -0.15) is 0 Å². The second kappa shape index (κ2) is 8.51. The summed E-state index contributed by atoms with van der Waals surface area (Å²) in [5.41, 5.74) is 4.92. The predicted octanol–water partition coefficient (Wildman–Crippen LogP) is -1.18. The highest BCUT2D eigenvalue weighted by Crippen LogP contribution is 1.99. The highest BCUT2D eigenvalue weighted by molar-refractivity contribution is 5.84. The van der Waals surface area contributed by atoms with Gasteiger partial charge in [0.1, 0.15) is 6.04 Å². The third kappa shape index (κ3) is 8.21. The number of rotatable bonds is 9. The van der Waals surface area contributed by atoms with Crippen LogP contribution in [-0.4, -0.2) is 42.5 Å². The van der Waals surface area contributed by atoms with Crippen molar-refractivity contribution in [1.82, 2.24) is 10.6 Å². The highest BCUT2D eigenvalue weighted by atomic mass is 16.4. The third-order valence-corrected chi connectivity index (χ3v) is 2.14. The maximum atomic E-state index is 11.4. The van der Waals surface area contributed by atoms with Crippen molar-refractivity contribution in [3.05, 3.63) is 0 Å². The van der Waals surface area contributed by atoms with Gasteiger partial charge in [0.25, 0.3) is 0 Å². The zero-order chi connectivity index (χ0) is 13.3. The first kappa shape index (κ1) is 15.4. The van der Waals surface area contributed by atoms with E-state index >= 15 is 0 Å². The van der Waals surface area contributed by atoms with Crippen molar-refractivity contribution in [2.24, 2.45) is 5.73 Å². The number of carboxylic acid groups (broad SMARTS) is 1. The summed E-state index contributed by atoms with van der Waals surface area (Å²) in [6.45, 7) is 0.687. The van der Waals surface area contributed by atoms with Crippen molar-refractivity contribution in [2.75, 3.05) is 13.6 Å². The molecule has 0 aromatic carbocycles. The monoisotopic (exact) mass is 245 g/mol. The predicted molar refractivity (Wildman–Crippen MR) is 61.2 cm³/mol. The molecule has 0 aromatic heterocycles. The number of carbonyl (C=O) groups excluding carboxylic acids is 2. The Morgan fingerprint density at radius 1 is 1.29 bits per heavy atom. The van der Waals surface area contributed by atoms with Gasteiger partial charge < -0.3 is 21.5 Å². The number of nitrogens with two attached hydrogens (primary N) is 1. The van der Waals surface area contributed by atoms with Gasteiger partial charge in [-0.15, -0.1) is 0 Å². The summed E-state index contributed by atoms with van der Waals surface area (Å²) < 4.78 is 0. The summed E-state index contributed by atoms with van der Waals surface area (Å²) in [5.74, 6) is -2.08. The van der Waals surface area contributed by atoms with Gasteiger partial charge in [0, 0.05) is 12.8 Å². The van der Waals surface area contributed by atoms with Crippen LogP contribution in [0.15, 0.2) is 0 Å². The molecule has 7 heteroatoms. The average Bonchev–Trinajstić information content (AvgIpc) is 2.23. The molecule has 7 nitrogen and oxygen atoms in total. The molecule has 0 aliphatic heterocycles. The van der Waals surface area contributed by atoms with Crippen molar-refractivity contribution in [1.29, 1.82) is 0 Å². The number of carboxylic acids is 1. The fourth-order valence-corrected chi connectivity index (χ4v) is 1.24. The molecule has 0 aliphatic rings. The Labute approximate surface area is 99.7 Å². The molecule has 17 heavy (non-hydrogen) atoms. The Balaban J connectivity index is 4.02. The molecule has 0 saturated carbocycles. The molecule has 0 aliphatic carbocycles. The quantitative estimate of drug-likeness (QED) is 0.381. The second-order valence-corrected chi connectivity index (χ2v) is 3.67. The fourth-order valence-electron chi connectivity index (χ4n) is 1.24. The highest BCUT2D eigenvalue weighted by Gasteiger charge is 2.19. The van der Waals surface area contributed by atoms with Crippen LogP contribution in [0.3, 0.4) is 0 Å². The molecule has 2 amide bonds. The van der Waals surface area contributed by atoms with Crippen LogP contribution in [0.25, 0.3) is 0 Å². The average molecular weight is 245 g/mol. The van der Waals surface area contributed by atoms with E-state index < -0.39 is 17.9 Å². The summed E-state index contributed by atoms with van der Waals surface area (Å²) in [6.07, 6.45) is 0.835. The SMILES string of the molecule is CNCCCC(=O)NC(CCC(N)=O)C(=O)O. The molecule has 0 rings (SSSR count). The molecule has 0 fully saturated rings. The normalized spacial score (nSPS) is 11.8. The van der Waals surface area contributed by atoms with Crippen LogP contribution in [-0.2, 0) is 14.4 Å². The molecule has 0 bridgehead atoms. The number of carbonyl (C=O) groups is 3. The zero-order valence-corrected chi connectivity index (χ0v) is 9.86.